The first kappa shape index (κ1) is 11.1. The molecule has 6 nitrogen and oxygen atoms in total. The molecule has 0 saturated carbocycles. The highest BCUT2D eigenvalue weighted by atomic mass is 16.5. The van der Waals surface area contributed by atoms with Gasteiger partial charge in [0.15, 0.2) is 5.75 Å². The summed E-state index contributed by atoms with van der Waals surface area (Å²) >= 11 is 0. The predicted octanol–water partition coefficient (Wildman–Crippen LogP) is 0.431. The van der Waals surface area contributed by atoms with Crippen molar-refractivity contribution < 1.29 is 24.5 Å². The van der Waals surface area contributed by atoms with Gasteiger partial charge in [-0.3, -0.25) is 4.79 Å². The summed E-state index contributed by atoms with van der Waals surface area (Å²) in [4.78, 5) is 14.3. The number of carbonyl (C=O) groups is 1. The molecule has 2 N–H and O–H groups in total. The highest BCUT2D eigenvalue weighted by Gasteiger charge is 2.18. The zero-order valence-electron chi connectivity index (χ0n) is 8.35. The van der Waals surface area contributed by atoms with E-state index < -0.39 is 5.97 Å². The maximum atomic E-state index is 10.6. The van der Waals surface area contributed by atoms with Crippen molar-refractivity contribution in [3.8, 4) is 17.4 Å². The molecule has 0 radical (unpaired) electrons. The normalized spacial score (nSPS) is 9.73. The van der Waals surface area contributed by atoms with Gasteiger partial charge in [0, 0.05) is 0 Å². The van der Waals surface area contributed by atoms with Gasteiger partial charge in [-0.25, -0.2) is 4.98 Å². The van der Waals surface area contributed by atoms with Gasteiger partial charge in [0.25, 0.3) is 5.88 Å². The maximum absolute atomic E-state index is 10.6. The van der Waals surface area contributed by atoms with Crippen LogP contribution in [0.1, 0.15) is 5.56 Å². The zero-order chi connectivity index (χ0) is 11.4. The summed E-state index contributed by atoms with van der Waals surface area (Å²) < 4.78 is 9.81. The number of ether oxygens (including phenoxy) is 2. The summed E-state index contributed by atoms with van der Waals surface area (Å²) in [7, 11) is 2.73. The molecule has 1 rings (SSSR count). The second kappa shape index (κ2) is 4.50. The van der Waals surface area contributed by atoms with Crippen LogP contribution in [0.25, 0.3) is 0 Å². The first-order valence-electron chi connectivity index (χ1n) is 4.10. The van der Waals surface area contributed by atoms with Crippen molar-refractivity contribution in [2.45, 2.75) is 6.42 Å². The van der Waals surface area contributed by atoms with Gasteiger partial charge in [-0.05, 0) is 0 Å². The van der Waals surface area contributed by atoms with E-state index in [-0.39, 0.29) is 29.4 Å². The third kappa shape index (κ3) is 2.28. The van der Waals surface area contributed by atoms with Crippen LogP contribution in [0.5, 0.6) is 17.4 Å². The molecule has 1 aromatic heterocycles. The number of aromatic hydroxyl groups is 1. The van der Waals surface area contributed by atoms with Gasteiger partial charge in [-0.2, -0.15) is 0 Å². The van der Waals surface area contributed by atoms with Gasteiger partial charge < -0.3 is 19.7 Å². The molecule has 0 aliphatic rings. The minimum absolute atomic E-state index is 0.139. The third-order valence-electron chi connectivity index (χ3n) is 1.81. The van der Waals surface area contributed by atoms with Gasteiger partial charge in [-0.15, -0.1) is 0 Å². The van der Waals surface area contributed by atoms with Crippen molar-refractivity contribution in [2.75, 3.05) is 14.2 Å². The van der Waals surface area contributed by atoms with E-state index in [4.69, 9.17) is 14.6 Å². The summed E-state index contributed by atoms with van der Waals surface area (Å²) in [5.41, 5.74) is 0.150. The van der Waals surface area contributed by atoms with Crippen molar-refractivity contribution in [3.05, 3.63) is 11.8 Å². The molecule has 0 aromatic carbocycles. The van der Waals surface area contributed by atoms with Crippen LogP contribution in [0, 0.1) is 0 Å². The van der Waals surface area contributed by atoms with Crippen molar-refractivity contribution >= 4 is 5.97 Å². The highest BCUT2D eigenvalue weighted by Crippen LogP contribution is 2.34. The first-order chi connectivity index (χ1) is 7.10. The maximum Gasteiger partial charge on any atom is 0.308 e. The van der Waals surface area contributed by atoms with E-state index in [2.05, 4.69) is 4.98 Å². The van der Waals surface area contributed by atoms with Gasteiger partial charge >= 0.3 is 5.97 Å². The summed E-state index contributed by atoms with van der Waals surface area (Å²) in [6, 6.07) is 0. The molecule has 0 unspecified atom stereocenters. The number of pyridine rings is 1. The lowest BCUT2D eigenvalue weighted by molar-refractivity contribution is -0.136. The summed E-state index contributed by atoms with van der Waals surface area (Å²) in [5, 5.41) is 18.1. The fraction of sp³-hybridized carbons (Fsp3) is 0.333. The average molecular weight is 213 g/mol. The number of hydrogen-bond acceptors (Lipinski definition) is 5. The zero-order valence-corrected chi connectivity index (χ0v) is 8.35. The molecule has 1 aromatic rings. The van der Waals surface area contributed by atoms with E-state index in [1.165, 1.54) is 14.2 Å². The Morgan fingerprint density at radius 1 is 1.47 bits per heavy atom. The molecular formula is C9H11NO5. The van der Waals surface area contributed by atoms with Crippen LogP contribution in [0.4, 0.5) is 0 Å². The largest absolute Gasteiger partial charge is 0.506 e. The van der Waals surface area contributed by atoms with E-state index in [1.54, 1.807) is 0 Å². The quantitative estimate of drug-likeness (QED) is 0.754. The minimum Gasteiger partial charge on any atom is -0.506 e. The van der Waals surface area contributed by atoms with Crippen LogP contribution in [0.3, 0.4) is 0 Å². The third-order valence-corrected chi connectivity index (χ3v) is 1.81. The molecule has 82 valence electrons. The highest BCUT2D eigenvalue weighted by molar-refractivity contribution is 5.73. The van der Waals surface area contributed by atoms with E-state index >= 15 is 0 Å². The number of carboxylic acid groups (broad SMARTS) is 1. The Labute approximate surface area is 86.1 Å². The smallest absolute Gasteiger partial charge is 0.308 e. The Kier molecular flexibility index (Phi) is 3.33. The second-order valence-corrected chi connectivity index (χ2v) is 2.74. The lowest BCUT2D eigenvalue weighted by Gasteiger charge is -2.11. The van der Waals surface area contributed by atoms with Crippen LogP contribution in [-0.2, 0) is 11.2 Å². The standard InChI is InChI=1S/C9H11NO5/c1-14-8-5(3-7(12)13)6(11)4-10-9(8)15-2/h4,11H,3H2,1-2H3,(H,12,13). The molecule has 0 spiro atoms. The molecule has 1 heterocycles. The van der Waals surface area contributed by atoms with Gasteiger partial charge in [0.2, 0.25) is 0 Å². The Morgan fingerprint density at radius 2 is 2.13 bits per heavy atom. The number of carboxylic acids is 1. The monoisotopic (exact) mass is 213 g/mol. The molecule has 0 amide bonds. The molecule has 0 aliphatic heterocycles. The topological polar surface area (TPSA) is 88.9 Å². The molecular weight excluding hydrogens is 202 g/mol. The van der Waals surface area contributed by atoms with Gasteiger partial charge in [0.05, 0.1) is 32.4 Å². The number of aromatic nitrogens is 1. The number of methoxy groups -OCH3 is 2. The van der Waals surface area contributed by atoms with Crippen LogP contribution in [0.2, 0.25) is 0 Å². The number of nitrogens with zero attached hydrogens (tertiary/aromatic N) is 1. The fourth-order valence-corrected chi connectivity index (χ4v) is 1.18. The minimum atomic E-state index is -1.07. The SMILES string of the molecule is COc1ncc(O)c(CC(=O)O)c1OC. The van der Waals surface area contributed by atoms with Crippen LogP contribution >= 0.6 is 0 Å². The van der Waals surface area contributed by atoms with Gasteiger partial charge in [0.1, 0.15) is 5.75 Å². The molecule has 0 atom stereocenters. The molecule has 0 bridgehead atoms. The van der Waals surface area contributed by atoms with Crippen molar-refractivity contribution in [3.63, 3.8) is 0 Å². The van der Waals surface area contributed by atoms with E-state index in [1.807, 2.05) is 0 Å². The van der Waals surface area contributed by atoms with Gasteiger partial charge in [-0.1, -0.05) is 0 Å². The molecule has 0 saturated heterocycles. The average Bonchev–Trinajstić information content (AvgIpc) is 2.20. The van der Waals surface area contributed by atoms with Crippen molar-refractivity contribution in [1.29, 1.82) is 0 Å². The summed E-state index contributed by atoms with van der Waals surface area (Å²) in [6.07, 6.45) is 0.771. The Morgan fingerprint density at radius 3 is 2.60 bits per heavy atom. The lowest BCUT2D eigenvalue weighted by Crippen LogP contribution is -2.05. The Bertz CT molecular complexity index is 377. The Hall–Kier alpha value is -1.98. The summed E-state index contributed by atoms with van der Waals surface area (Å²) in [6.45, 7) is 0. The summed E-state index contributed by atoms with van der Waals surface area (Å²) in [5.74, 6) is -1.02. The number of rotatable bonds is 4. The van der Waals surface area contributed by atoms with E-state index in [9.17, 15) is 9.90 Å². The first-order valence-corrected chi connectivity index (χ1v) is 4.10. The molecule has 0 fully saturated rings. The van der Waals surface area contributed by atoms with Crippen LogP contribution < -0.4 is 9.47 Å². The van der Waals surface area contributed by atoms with E-state index in [0.29, 0.717) is 0 Å². The van der Waals surface area contributed by atoms with Crippen LogP contribution in [0.15, 0.2) is 6.20 Å². The van der Waals surface area contributed by atoms with Crippen LogP contribution in [-0.4, -0.2) is 35.4 Å². The van der Waals surface area contributed by atoms with E-state index in [0.717, 1.165) is 6.20 Å². The number of aliphatic carboxylic acids is 1. The molecule has 6 heteroatoms. The Balaban J connectivity index is 3.25. The molecule has 15 heavy (non-hydrogen) atoms. The lowest BCUT2D eigenvalue weighted by atomic mass is 10.1. The number of hydrogen-bond donors (Lipinski definition) is 2. The second-order valence-electron chi connectivity index (χ2n) is 2.74. The van der Waals surface area contributed by atoms with Crippen molar-refractivity contribution in [1.82, 2.24) is 4.98 Å². The van der Waals surface area contributed by atoms with Crippen molar-refractivity contribution in [2.24, 2.45) is 0 Å². The predicted molar refractivity (Wildman–Crippen MR) is 50.3 cm³/mol. The fourth-order valence-electron chi connectivity index (χ4n) is 1.18. The molecule has 0 aliphatic carbocycles.